The van der Waals surface area contributed by atoms with Gasteiger partial charge in [0.05, 0.1) is 5.92 Å². The lowest BCUT2D eigenvalue weighted by molar-refractivity contribution is -0.126. The lowest BCUT2D eigenvalue weighted by Gasteiger charge is -2.32. The summed E-state index contributed by atoms with van der Waals surface area (Å²) in [4.78, 5) is 14.8. The highest BCUT2D eigenvalue weighted by atomic mass is 35.5. The quantitative estimate of drug-likeness (QED) is 0.689. The molecule has 140 valence electrons. The van der Waals surface area contributed by atoms with Gasteiger partial charge < -0.3 is 5.32 Å². The molecular formula is C19H28Cl2N2OS. The molecule has 1 unspecified atom stereocenters. The predicted octanol–water partition coefficient (Wildman–Crippen LogP) is 4.85. The fourth-order valence-electron chi connectivity index (χ4n) is 2.98. The van der Waals surface area contributed by atoms with E-state index < -0.39 is 0 Å². The molecule has 1 atom stereocenters. The molecule has 1 aliphatic heterocycles. The van der Waals surface area contributed by atoms with E-state index in [1.807, 2.05) is 23.9 Å². The normalized spacial score (nSPS) is 19.0. The Morgan fingerprint density at radius 3 is 2.80 bits per heavy atom. The van der Waals surface area contributed by atoms with Gasteiger partial charge in [0.25, 0.3) is 0 Å². The van der Waals surface area contributed by atoms with Crippen LogP contribution in [0.3, 0.4) is 0 Å². The Kier molecular flexibility index (Phi) is 7.93. The van der Waals surface area contributed by atoms with Crippen LogP contribution in [-0.4, -0.2) is 40.9 Å². The van der Waals surface area contributed by atoms with E-state index in [0.717, 1.165) is 50.3 Å². The van der Waals surface area contributed by atoms with Gasteiger partial charge in [-0.05, 0) is 37.1 Å². The number of piperidine rings is 1. The van der Waals surface area contributed by atoms with Crippen molar-refractivity contribution < 1.29 is 4.79 Å². The molecule has 0 spiro atoms. The average Bonchev–Trinajstić information content (AvgIpc) is 2.53. The molecule has 1 fully saturated rings. The number of carbonyl (C=O) groups is 1. The second-order valence-corrected chi connectivity index (χ2v) is 10.3. The average molecular weight is 403 g/mol. The number of thioether (sulfide) groups is 1. The van der Waals surface area contributed by atoms with Crippen molar-refractivity contribution in [3.8, 4) is 0 Å². The first-order valence-electron chi connectivity index (χ1n) is 8.82. The summed E-state index contributed by atoms with van der Waals surface area (Å²) in [6.45, 7) is 9.88. The number of nitrogens with one attached hydrogen (secondary N) is 1. The topological polar surface area (TPSA) is 32.3 Å². The standard InChI is InChI=1S/C19H28Cl2N2OS/c1-19(2,3)25-10-8-22-18(24)15-5-4-9-23(13-15)12-14-6-7-16(20)11-17(14)21/h6-7,11,15H,4-5,8-10,12-13H2,1-3H3,(H,22,24). The van der Waals surface area contributed by atoms with Crippen LogP contribution in [0.2, 0.25) is 10.0 Å². The highest BCUT2D eigenvalue weighted by Crippen LogP contribution is 2.25. The van der Waals surface area contributed by atoms with Gasteiger partial charge in [-0.25, -0.2) is 0 Å². The lowest BCUT2D eigenvalue weighted by Crippen LogP contribution is -2.43. The Morgan fingerprint density at radius 2 is 2.12 bits per heavy atom. The van der Waals surface area contributed by atoms with Crippen molar-refractivity contribution in [2.45, 2.75) is 44.9 Å². The Bertz CT molecular complexity index is 589. The van der Waals surface area contributed by atoms with Crippen molar-refractivity contribution >= 4 is 40.9 Å². The summed E-state index contributed by atoms with van der Waals surface area (Å²) in [7, 11) is 0. The predicted molar refractivity (Wildman–Crippen MR) is 110 cm³/mol. The van der Waals surface area contributed by atoms with Crippen molar-refractivity contribution in [2.24, 2.45) is 5.92 Å². The van der Waals surface area contributed by atoms with Crippen LogP contribution < -0.4 is 5.32 Å². The molecule has 25 heavy (non-hydrogen) atoms. The molecule has 2 rings (SSSR count). The molecule has 1 aromatic rings. The van der Waals surface area contributed by atoms with Crippen LogP contribution in [-0.2, 0) is 11.3 Å². The van der Waals surface area contributed by atoms with Crippen LogP contribution in [0.25, 0.3) is 0 Å². The smallest absolute Gasteiger partial charge is 0.224 e. The third kappa shape index (κ3) is 7.38. The van der Waals surface area contributed by atoms with Gasteiger partial charge in [-0.2, -0.15) is 11.8 Å². The highest BCUT2D eigenvalue weighted by Gasteiger charge is 2.26. The second kappa shape index (κ2) is 9.50. The Labute approximate surface area is 165 Å². The third-order valence-corrected chi connectivity index (χ3v) is 6.08. The van der Waals surface area contributed by atoms with Gasteiger partial charge in [0.15, 0.2) is 0 Å². The number of likely N-dealkylation sites (tertiary alicyclic amines) is 1. The minimum Gasteiger partial charge on any atom is -0.355 e. The first-order valence-corrected chi connectivity index (χ1v) is 10.6. The molecule has 1 aliphatic rings. The summed E-state index contributed by atoms with van der Waals surface area (Å²) >= 11 is 14.1. The van der Waals surface area contributed by atoms with Gasteiger partial charge in [-0.3, -0.25) is 9.69 Å². The van der Waals surface area contributed by atoms with E-state index in [4.69, 9.17) is 23.2 Å². The van der Waals surface area contributed by atoms with Crippen LogP contribution in [0.4, 0.5) is 0 Å². The zero-order valence-electron chi connectivity index (χ0n) is 15.3. The molecule has 0 aliphatic carbocycles. The summed E-state index contributed by atoms with van der Waals surface area (Å²) in [6.07, 6.45) is 2.00. The maximum atomic E-state index is 12.4. The van der Waals surface area contributed by atoms with Gasteiger partial charge >= 0.3 is 0 Å². The maximum Gasteiger partial charge on any atom is 0.224 e. The van der Waals surface area contributed by atoms with Crippen LogP contribution in [0.1, 0.15) is 39.2 Å². The number of rotatable bonds is 6. The number of nitrogens with zero attached hydrogens (tertiary/aromatic N) is 1. The number of carbonyl (C=O) groups excluding carboxylic acids is 1. The number of benzene rings is 1. The van der Waals surface area contributed by atoms with E-state index in [0.29, 0.717) is 10.0 Å². The van der Waals surface area contributed by atoms with Gasteiger partial charge in [0.2, 0.25) is 5.91 Å². The summed E-state index contributed by atoms with van der Waals surface area (Å²) in [5.74, 6) is 1.20. The molecule has 1 aromatic carbocycles. The lowest BCUT2D eigenvalue weighted by atomic mass is 9.96. The number of hydrogen-bond donors (Lipinski definition) is 1. The van der Waals surface area contributed by atoms with Crippen molar-refractivity contribution in [3.63, 3.8) is 0 Å². The number of amides is 1. The van der Waals surface area contributed by atoms with Crippen LogP contribution in [0.15, 0.2) is 18.2 Å². The fraction of sp³-hybridized carbons (Fsp3) is 0.632. The largest absolute Gasteiger partial charge is 0.355 e. The van der Waals surface area contributed by atoms with Gasteiger partial charge in [0, 0.05) is 40.2 Å². The molecule has 0 aromatic heterocycles. The maximum absolute atomic E-state index is 12.4. The number of hydrogen-bond acceptors (Lipinski definition) is 3. The molecule has 0 bridgehead atoms. The molecule has 1 saturated heterocycles. The molecule has 1 N–H and O–H groups in total. The van der Waals surface area contributed by atoms with E-state index in [2.05, 4.69) is 31.0 Å². The van der Waals surface area contributed by atoms with E-state index in [9.17, 15) is 4.79 Å². The minimum atomic E-state index is 0.0689. The van der Waals surface area contributed by atoms with Gasteiger partial charge in [-0.1, -0.05) is 50.0 Å². The third-order valence-electron chi connectivity index (χ3n) is 4.22. The SMILES string of the molecule is CC(C)(C)SCCNC(=O)C1CCCN(Cc2ccc(Cl)cc2Cl)C1. The van der Waals surface area contributed by atoms with Crippen molar-refractivity contribution in [1.82, 2.24) is 10.2 Å². The zero-order chi connectivity index (χ0) is 18.4. The zero-order valence-corrected chi connectivity index (χ0v) is 17.6. The fourth-order valence-corrected chi connectivity index (χ4v) is 4.26. The number of halogens is 2. The van der Waals surface area contributed by atoms with Gasteiger partial charge in [-0.15, -0.1) is 0 Å². The second-order valence-electron chi connectivity index (χ2n) is 7.56. The van der Waals surface area contributed by atoms with Crippen molar-refractivity contribution in [2.75, 3.05) is 25.4 Å². The molecule has 1 amide bonds. The molecule has 0 radical (unpaired) electrons. The van der Waals surface area contributed by atoms with Crippen LogP contribution in [0, 0.1) is 5.92 Å². The monoisotopic (exact) mass is 402 g/mol. The molecule has 6 heteroatoms. The Morgan fingerprint density at radius 1 is 1.36 bits per heavy atom. The van der Waals surface area contributed by atoms with Crippen LogP contribution in [0.5, 0.6) is 0 Å². The Hall–Kier alpha value is -0.420. The summed E-state index contributed by atoms with van der Waals surface area (Å²) in [6, 6.07) is 5.61. The summed E-state index contributed by atoms with van der Waals surface area (Å²) in [5, 5.41) is 4.44. The van der Waals surface area contributed by atoms with E-state index in [1.54, 1.807) is 6.07 Å². The van der Waals surface area contributed by atoms with E-state index >= 15 is 0 Å². The molecule has 3 nitrogen and oxygen atoms in total. The molecular weight excluding hydrogens is 375 g/mol. The summed E-state index contributed by atoms with van der Waals surface area (Å²) < 4.78 is 0.240. The minimum absolute atomic E-state index is 0.0689. The Balaban J connectivity index is 1.80. The van der Waals surface area contributed by atoms with E-state index in [1.165, 1.54) is 0 Å². The van der Waals surface area contributed by atoms with Gasteiger partial charge in [0.1, 0.15) is 0 Å². The van der Waals surface area contributed by atoms with E-state index in [-0.39, 0.29) is 16.6 Å². The molecule has 1 heterocycles. The highest BCUT2D eigenvalue weighted by molar-refractivity contribution is 8.00. The molecule has 0 saturated carbocycles. The first-order chi connectivity index (χ1) is 11.7. The summed E-state index contributed by atoms with van der Waals surface area (Å²) in [5.41, 5.74) is 1.06. The van der Waals surface area contributed by atoms with Crippen molar-refractivity contribution in [1.29, 1.82) is 0 Å². The van der Waals surface area contributed by atoms with Crippen LogP contribution >= 0.6 is 35.0 Å². The van der Waals surface area contributed by atoms with Crippen molar-refractivity contribution in [3.05, 3.63) is 33.8 Å². The first kappa shape index (κ1) is 20.9.